The Morgan fingerprint density at radius 2 is 2.11 bits per heavy atom. The Bertz CT molecular complexity index is 542. The third kappa shape index (κ3) is 3.18. The third-order valence-electron chi connectivity index (χ3n) is 2.15. The van der Waals surface area contributed by atoms with Crippen molar-refractivity contribution in [2.45, 2.75) is 15.8 Å². The number of aromatic nitrogens is 2. The number of nitrogens with zero attached hydrogens (tertiary/aromatic N) is 3. The van der Waals surface area contributed by atoms with E-state index in [1.165, 1.54) is 35.2 Å². The van der Waals surface area contributed by atoms with Gasteiger partial charge in [-0.2, -0.15) is 0 Å². The van der Waals surface area contributed by atoms with Crippen LogP contribution in [0, 0.1) is 5.82 Å². The van der Waals surface area contributed by atoms with E-state index in [-0.39, 0.29) is 5.82 Å². The first-order valence-electron chi connectivity index (χ1n) is 5.26. The summed E-state index contributed by atoms with van der Waals surface area (Å²) in [7, 11) is 3.81. The van der Waals surface area contributed by atoms with Crippen molar-refractivity contribution in [3.63, 3.8) is 0 Å². The Hall–Kier alpha value is -1.18. The molecule has 1 heterocycles. The lowest BCUT2D eigenvalue weighted by Gasteiger charge is -2.04. The predicted octanol–water partition coefficient (Wildman–Crippen LogP) is 2.35. The maximum Gasteiger partial charge on any atom is 0.208 e. The van der Waals surface area contributed by atoms with Gasteiger partial charge in [-0.05, 0) is 23.8 Å². The minimum Gasteiger partial charge on any atom is -0.353 e. The highest BCUT2D eigenvalue weighted by Crippen LogP contribution is 2.33. The minimum absolute atomic E-state index is 0.280. The zero-order valence-electron chi connectivity index (χ0n) is 10.1. The molecule has 0 spiro atoms. The van der Waals surface area contributed by atoms with Gasteiger partial charge in [0.05, 0.1) is 0 Å². The zero-order chi connectivity index (χ0) is 13.1. The Morgan fingerprint density at radius 3 is 2.72 bits per heavy atom. The fraction of sp³-hybridized carbons (Fsp3) is 0.273. The summed E-state index contributed by atoms with van der Waals surface area (Å²) < 4.78 is 14.1. The van der Waals surface area contributed by atoms with Gasteiger partial charge in [-0.3, -0.25) is 0 Å². The molecule has 2 rings (SSSR count). The molecule has 0 unspecified atom stereocenters. The molecule has 0 saturated carbocycles. The van der Waals surface area contributed by atoms with Gasteiger partial charge in [-0.1, -0.05) is 23.1 Å². The van der Waals surface area contributed by atoms with E-state index < -0.39 is 0 Å². The molecule has 4 nitrogen and oxygen atoms in total. The molecule has 0 amide bonds. The van der Waals surface area contributed by atoms with Gasteiger partial charge in [0.15, 0.2) is 4.34 Å². The number of halogens is 1. The van der Waals surface area contributed by atoms with Crippen molar-refractivity contribution < 1.29 is 4.39 Å². The van der Waals surface area contributed by atoms with Gasteiger partial charge in [0.25, 0.3) is 0 Å². The highest BCUT2D eigenvalue weighted by Gasteiger charge is 2.08. The van der Waals surface area contributed by atoms with Crippen molar-refractivity contribution >= 4 is 28.2 Å². The van der Waals surface area contributed by atoms with Gasteiger partial charge >= 0.3 is 0 Å². The number of hydrogen-bond acceptors (Lipinski definition) is 6. The molecule has 0 bridgehead atoms. The van der Waals surface area contributed by atoms with Crippen LogP contribution in [-0.4, -0.2) is 24.3 Å². The standard InChI is InChI=1S/C11H13FN4S2/c1-16(2)10-14-15-11(18-10)17-9-4-7(6-13)3-8(12)5-9/h3-5H,6,13H2,1-2H3. The largest absolute Gasteiger partial charge is 0.353 e. The minimum atomic E-state index is -0.280. The van der Waals surface area contributed by atoms with E-state index in [1.54, 1.807) is 0 Å². The van der Waals surface area contributed by atoms with Crippen LogP contribution in [0.25, 0.3) is 0 Å². The van der Waals surface area contributed by atoms with Crippen LogP contribution >= 0.6 is 23.1 Å². The summed E-state index contributed by atoms with van der Waals surface area (Å²) in [5.74, 6) is -0.280. The van der Waals surface area contributed by atoms with Crippen LogP contribution in [0.1, 0.15) is 5.56 Å². The average molecular weight is 284 g/mol. The molecule has 0 aliphatic heterocycles. The van der Waals surface area contributed by atoms with E-state index in [1.807, 2.05) is 25.1 Å². The van der Waals surface area contributed by atoms with E-state index in [9.17, 15) is 4.39 Å². The van der Waals surface area contributed by atoms with Crippen LogP contribution in [0.2, 0.25) is 0 Å². The van der Waals surface area contributed by atoms with E-state index >= 15 is 0 Å². The summed E-state index contributed by atoms with van der Waals surface area (Å²) >= 11 is 2.86. The second-order valence-electron chi connectivity index (χ2n) is 3.85. The fourth-order valence-corrected chi connectivity index (χ4v) is 3.17. The molecule has 0 aliphatic rings. The molecule has 0 fully saturated rings. The fourth-order valence-electron chi connectivity index (χ4n) is 1.32. The van der Waals surface area contributed by atoms with Gasteiger partial charge in [-0.15, -0.1) is 10.2 Å². The lowest BCUT2D eigenvalue weighted by molar-refractivity contribution is 0.621. The number of hydrogen-bond donors (Lipinski definition) is 1. The zero-order valence-corrected chi connectivity index (χ0v) is 11.7. The van der Waals surface area contributed by atoms with Crippen molar-refractivity contribution in [3.8, 4) is 0 Å². The SMILES string of the molecule is CN(C)c1nnc(Sc2cc(F)cc(CN)c2)s1. The van der Waals surface area contributed by atoms with Crippen LogP contribution < -0.4 is 10.6 Å². The molecule has 7 heteroatoms. The normalized spacial score (nSPS) is 10.7. The summed E-state index contributed by atoms with van der Waals surface area (Å²) in [5, 5.41) is 8.91. The van der Waals surface area contributed by atoms with Crippen LogP contribution in [0.3, 0.4) is 0 Å². The topological polar surface area (TPSA) is 55.0 Å². The Labute approximate surface area is 113 Å². The Balaban J connectivity index is 2.19. The van der Waals surface area contributed by atoms with Crippen molar-refractivity contribution in [2.75, 3.05) is 19.0 Å². The third-order valence-corrected chi connectivity index (χ3v) is 4.26. The van der Waals surface area contributed by atoms with Crippen molar-refractivity contribution in [1.82, 2.24) is 10.2 Å². The summed E-state index contributed by atoms with van der Waals surface area (Å²) in [6.07, 6.45) is 0. The van der Waals surface area contributed by atoms with Crippen LogP contribution in [0.5, 0.6) is 0 Å². The first kappa shape index (κ1) is 13.3. The van der Waals surface area contributed by atoms with Gasteiger partial charge in [-0.25, -0.2) is 4.39 Å². The number of rotatable bonds is 4. The summed E-state index contributed by atoms with van der Waals surface area (Å²) in [5.41, 5.74) is 6.29. The van der Waals surface area contributed by atoms with E-state index in [4.69, 9.17) is 5.73 Å². The van der Waals surface area contributed by atoms with Gasteiger partial charge < -0.3 is 10.6 Å². The molecule has 0 atom stereocenters. The van der Waals surface area contributed by atoms with Crippen LogP contribution in [-0.2, 0) is 6.54 Å². The highest BCUT2D eigenvalue weighted by atomic mass is 32.2. The predicted molar refractivity (Wildman–Crippen MR) is 72.7 cm³/mol. The maximum absolute atomic E-state index is 13.3. The number of anilines is 1. The van der Waals surface area contributed by atoms with E-state index in [0.29, 0.717) is 6.54 Å². The summed E-state index contributed by atoms with van der Waals surface area (Å²) in [6.45, 7) is 0.324. The smallest absolute Gasteiger partial charge is 0.208 e. The molecule has 0 aliphatic carbocycles. The highest BCUT2D eigenvalue weighted by molar-refractivity contribution is 8.01. The molecule has 96 valence electrons. The second kappa shape index (κ2) is 5.64. The number of benzene rings is 1. The maximum atomic E-state index is 13.3. The Morgan fingerprint density at radius 1 is 1.33 bits per heavy atom. The number of nitrogens with two attached hydrogens (primary N) is 1. The molecule has 1 aromatic heterocycles. The molecule has 2 aromatic rings. The molecule has 1 aromatic carbocycles. The first-order chi connectivity index (χ1) is 8.58. The van der Waals surface area contributed by atoms with Gasteiger partial charge in [0, 0.05) is 25.5 Å². The van der Waals surface area contributed by atoms with Crippen molar-refractivity contribution in [1.29, 1.82) is 0 Å². The van der Waals surface area contributed by atoms with E-state index in [2.05, 4.69) is 10.2 Å². The van der Waals surface area contributed by atoms with Crippen LogP contribution in [0.15, 0.2) is 27.4 Å². The van der Waals surface area contributed by atoms with Crippen molar-refractivity contribution in [3.05, 3.63) is 29.6 Å². The second-order valence-corrected chi connectivity index (χ2v) is 6.12. The molecule has 18 heavy (non-hydrogen) atoms. The molecule has 2 N–H and O–H groups in total. The van der Waals surface area contributed by atoms with Crippen molar-refractivity contribution in [2.24, 2.45) is 5.73 Å². The first-order valence-corrected chi connectivity index (χ1v) is 6.90. The molecular formula is C11H13FN4S2. The molecule has 0 saturated heterocycles. The quantitative estimate of drug-likeness (QED) is 0.934. The molecular weight excluding hydrogens is 271 g/mol. The average Bonchev–Trinajstić information content (AvgIpc) is 2.76. The van der Waals surface area contributed by atoms with Crippen LogP contribution in [0.4, 0.5) is 9.52 Å². The Kier molecular flexibility index (Phi) is 4.15. The van der Waals surface area contributed by atoms with E-state index in [0.717, 1.165) is 19.9 Å². The lowest BCUT2D eigenvalue weighted by atomic mass is 10.2. The van der Waals surface area contributed by atoms with Gasteiger partial charge in [0.1, 0.15) is 5.82 Å². The summed E-state index contributed by atoms with van der Waals surface area (Å²) in [4.78, 5) is 2.68. The lowest BCUT2D eigenvalue weighted by Crippen LogP contribution is -2.07. The molecule has 0 radical (unpaired) electrons. The summed E-state index contributed by atoms with van der Waals surface area (Å²) in [6, 6.07) is 4.78. The van der Waals surface area contributed by atoms with Gasteiger partial charge in [0.2, 0.25) is 5.13 Å². The monoisotopic (exact) mass is 284 g/mol.